The van der Waals surface area contributed by atoms with Crippen LogP contribution in [0.5, 0.6) is 5.75 Å². The minimum atomic E-state index is -0.535. The van der Waals surface area contributed by atoms with Gasteiger partial charge in [0.1, 0.15) is 5.75 Å². The van der Waals surface area contributed by atoms with Crippen LogP contribution in [0.2, 0.25) is 5.02 Å². The Balaban J connectivity index is 1.75. The van der Waals surface area contributed by atoms with Crippen molar-refractivity contribution in [1.82, 2.24) is 0 Å². The lowest BCUT2D eigenvalue weighted by atomic mass is 10.0. The number of rotatable bonds is 3. The fourth-order valence-corrected chi connectivity index (χ4v) is 2.88. The molecule has 1 aliphatic rings. The molecule has 0 saturated carbocycles. The molecule has 3 rings (SSSR count). The zero-order valence-corrected chi connectivity index (χ0v) is 13.2. The van der Waals surface area contributed by atoms with Gasteiger partial charge in [-0.2, -0.15) is 0 Å². The highest BCUT2D eigenvalue weighted by atomic mass is 35.5. The number of nitrogens with zero attached hydrogens (tertiary/aromatic N) is 1. The fraction of sp³-hybridized carbons (Fsp3) is 0.278. The van der Waals surface area contributed by atoms with Crippen LogP contribution >= 0.6 is 11.6 Å². The molecule has 1 aliphatic heterocycles. The standard InChI is InChI=1S/C18H18ClNO2/c1-13(22-16-10-8-15(19)9-11-16)18(21)20-12-4-6-14-5-2-3-7-17(14)20/h2-3,5,7-11,13H,4,6,12H2,1H3. The predicted octanol–water partition coefficient (Wildman–Crippen LogP) is 4.09. The summed E-state index contributed by atoms with van der Waals surface area (Å²) < 4.78 is 5.75. The van der Waals surface area contributed by atoms with E-state index in [4.69, 9.17) is 16.3 Å². The van der Waals surface area contributed by atoms with Crippen molar-refractivity contribution >= 4 is 23.2 Å². The van der Waals surface area contributed by atoms with Gasteiger partial charge < -0.3 is 9.64 Å². The molecule has 0 saturated heterocycles. The summed E-state index contributed by atoms with van der Waals surface area (Å²) in [5.41, 5.74) is 2.23. The molecule has 4 heteroatoms. The summed E-state index contributed by atoms with van der Waals surface area (Å²) >= 11 is 5.86. The molecule has 1 amide bonds. The van der Waals surface area contributed by atoms with Crippen molar-refractivity contribution in [1.29, 1.82) is 0 Å². The van der Waals surface area contributed by atoms with Crippen molar-refractivity contribution in [2.24, 2.45) is 0 Å². The number of benzene rings is 2. The molecular formula is C18H18ClNO2. The second-order valence-corrected chi connectivity index (χ2v) is 5.87. The predicted molar refractivity (Wildman–Crippen MR) is 88.7 cm³/mol. The number of amides is 1. The van der Waals surface area contributed by atoms with Crippen molar-refractivity contribution in [3.63, 3.8) is 0 Å². The van der Waals surface area contributed by atoms with E-state index in [1.165, 1.54) is 5.56 Å². The first-order valence-electron chi connectivity index (χ1n) is 7.46. The topological polar surface area (TPSA) is 29.5 Å². The molecule has 0 aromatic heterocycles. The van der Waals surface area contributed by atoms with E-state index < -0.39 is 6.10 Å². The zero-order chi connectivity index (χ0) is 15.5. The molecule has 0 bridgehead atoms. The van der Waals surface area contributed by atoms with E-state index in [0.29, 0.717) is 10.8 Å². The fourth-order valence-electron chi connectivity index (χ4n) is 2.75. The van der Waals surface area contributed by atoms with E-state index in [1.807, 2.05) is 23.1 Å². The molecule has 0 radical (unpaired) electrons. The Hall–Kier alpha value is -2.00. The minimum Gasteiger partial charge on any atom is -0.481 e. The second kappa shape index (κ2) is 6.41. The Bertz CT molecular complexity index is 669. The van der Waals surface area contributed by atoms with Crippen molar-refractivity contribution in [2.75, 3.05) is 11.4 Å². The Kier molecular flexibility index (Phi) is 4.34. The monoisotopic (exact) mass is 315 g/mol. The Morgan fingerprint density at radius 1 is 1.18 bits per heavy atom. The van der Waals surface area contributed by atoms with Gasteiger partial charge in [-0.05, 0) is 55.7 Å². The van der Waals surface area contributed by atoms with Gasteiger partial charge in [-0.15, -0.1) is 0 Å². The van der Waals surface area contributed by atoms with Gasteiger partial charge in [-0.25, -0.2) is 0 Å². The maximum absolute atomic E-state index is 12.7. The summed E-state index contributed by atoms with van der Waals surface area (Å²) in [6.45, 7) is 2.53. The highest BCUT2D eigenvalue weighted by molar-refractivity contribution is 6.30. The van der Waals surface area contributed by atoms with Crippen molar-refractivity contribution in [3.8, 4) is 5.75 Å². The largest absolute Gasteiger partial charge is 0.481 e. The number of hydrogen-bond acceptors (Lipinski definition) is 2. The zero-order valence-electron chi connectivity index (χ0n) is 12.5. The summed E-state index contributed by atoms with van der Waals surface area (Å²) in [5, 5.41) is 0.649. The average Bonchev–Trinajstić information content (AvgIpc) is 2.55. The molecule has 3 nitrogen and oxygen atoms in total. The molecular weight excluding hydrogens is 298 g/mol. The van der Waals surface area contributed by atoms with Crippen LogP contribution in [-0.4, -0.2) is 18.6 Å². The maximum Gasteiger partial charge on any atom is 0.267 e. The molecule has 2 aromatic carbocycles. The third kappa shape index (κ3) is 3.09. The number of ether oxygens (including phenoxy) is 1. The highest BCUT2D eigenvalue weighted by Gasteiger charge is 2.27. The Morgan fingerprint density at radius 3 is 2.68 bits per heavy atom. The number of carbonyl (C=O) groups is 1. The van der Waals surface area contributed by atoms with Crippen LogP contribution in [-0.2, 0) is 11.2 Å². The normalized spacial score (nSPS) is 15.1. The number of aryl methyl sites for hydroxylation is 1. The van der Waals surface area contributed by atoms with Gasteiger partial charge in [0.25, 0.3) is 5.91 Å². The lowest BCUT2D eigenvalue weighted by Crippen LogP contribution is -2.43. The van der Waals surface area contributed by atoms with Crippen LogP contribution in [0.3, 0.4) is 0 Å². The van der Waals surface area contributed by atoms with Crippen molar-refractivity contribution in [3.05, 3.63) is 59.1 Å². The molecule has 0 fully saturated rings. The molecule has 114 valence electrons. The highest BCUT2D eigenvalue weighted by Crippen LogP contribution is 2.27. The minimum absolute atomic E-state index is 0.0119. The van der Waals surface area contributed by atoms with E-state index in [9.17, 15) is 4.79 Å². The first-order valence-corrected chi connectivity index (χ1v) is 7.84. The average molecular weight is 316 g/mol. The number of carbonyl (C=O) groups excluding carboxylic acids is 1. The van der Waals surface area contributed by atoms with E-state index >= 15 is 0 Å². The van der Waals surface area contributed by atoms with Crippen molar-refractivity contribution in [2.45, 2.75) is 25.9 Å². The molecule has 0 aliphatic carbocycles. The lowest BCUT2D eigenvalue weighted by molar-refractivity contribution is -0.124. The van der Waals surface area contributed by atoms with E-state index in [2.05, 4.69) is 6.07 Å². The molecule has 22 heavy (non-hydrogen) atoms. The quantitative estimate of drug-likeness (QED) is 0.854. The van der Waals surface area contributed by atoms with Crippen LogP contribution < -0.4 is 9.64 Å². The molecule has 2 aromatic rings. The number of anilines is 1. The summed E-state index contributed by atoms with van der Waals surface area (Å²) in [6, 6.07) is 15.1. The first-order chi connectivity index (χ1) is 10.6. The van der Waals surface area contributed by atoms with Crippen LogP contribution in [0.15, 0.2) is 48.5 Å². The molecule has 1 unspecified atom stereocenters. The van der Waals surface area contributed by atoms with Gasteiger partial charge in [0.05, 0.1) is 0 Å². The number of para-hydroxylation sites is 1. The summed E-state index contributed by atoms with van der Waals surface area (Å²) in [7, 11) is 0. The number of fused-ring (bicyclic) bond motifs is 1. The first kappa shape index (κ1) is 14.9. The summed E-state index contributed by atoms with van der Waals surface area (Å²) in [6.07, 6.45) is 1.47. The summed E-state index contributed by atoms with van der Waals surface area (Å²) in [4.78, 5) is 14.5. The number of halogens is 1. The van der Waals surface area contributed by atoms with Crippen molar-refractivity contribution < 1.29 is 9.53 Å². The van der Waals surface area contributed by atoms with Gasteiger partial charge in [0, 0.05) is 17.3 Å². The van der Waals surface area contributed by atoms with Gasteiger partial charge in [0.15, 0.2) is 6.10 Å². The van der Waals surface area contributed by atoms with Gasteiger partial charge in [0.2, 0.25) is 0 Å². The molecule has 1 heterocycles. The molecule has 0 spiro atoms. The Morgan fingerprint density at radius 2 is 1.91 bits per heavy atom. The third-order valence-corrected chi connectivity index (χ3v) is 4.10. The van der Waals surface area contributed by atoms with E-state index in [1.54, 1.807) is 31.2 Å². The van der Waals surface area contributed by atoms with Gasteiger partial charge >= 0.3 is 0 Å². The van der Waals surface area contributed by atoms with Crippen LogP contribution in [0.4, 0.5) is 5.69 Å². The second-order valence-electron chi connectivity index (χ2n) is 5.44. The Labute approximate surface area is 135 Å². The lowest BCUT2D eigenvalue weighted by Gasteiger charge is -2.31. The van der Waals surface area contributed by atoms with Gasteiger partial charge in [-0.3, -0.25) is 4.79 Å². The smallest absolute Gasteiger partial charge is 0.267 e. The van der Waals surface area contributed by atoms with Crippen LogP contribution in [0, 0.1) is 0 Å². The maximum atomic E-state index is 12.7. The molecule has 0 N–H and O–H groups in total. The van der Waals surface area contributed by atoms with Crippen LogP contribution in [0.25, 0.3) is 0 Å². The summed E-state index contributed by atoms with van der Waals surface area (Å²) in [5.74, 6) is 0.637. The SMILES string of the molecule is CC(Oc1ccc(Cl)cc1)C(=O)N1CCCc2ccccc21. The molecule has 1 atom stereocenters. The van der Waals surface area contributed by atoms with E-state index in [0.717, 1.165) is 25.1 Å². The number of hydrogen-bond donors (Lipinski definition) is 0. The van der Waals surface area contributed by atoms with Crippen LogP contribution in [0.1, 0.15) is 18.9 Å². The third-order valence-electron chi connectivity index (χ3n) is 3.85. The van der Waals surface area contributed by atoms with Gasteiger partial charge in [-0.1, -0.05) is 29.8 Å². The van der Waals surface area contributed by atoms with E-state index in [-0.39, 0.29) is 5.91 Å².